The summed E-state index contributed by atoms with van der Waals surface area (Å²) >= 11 is 0. The first-order valence-corrected chi connectivity index (χ1v) is 5.00. The second kappa shape index (κ2) is 2.74. The van der Waals surface area contributed by atoms with Crippen LogP contribution in [0.25, 0.3) is 0 Å². The standard InChI is InChI=1S/C10H10FN3O/c11-7-5-12-6-13-8(7)14-4-3-10(1-2-10)9(14)15/h5-6H,1-4H2. The third-order valence-corrected chi connectivity index (χ3v) is 3.27. The number of carbonyl (C=O) groups is 1. The molecule has 0 aromatic carbocycles. The van der Waals surface area contributed by atoms with Gasteiger partial charge in [-0.25, -0.2) is 14.4 Å². The lowest BCUT2D eigenvalue weighted by atomic mass is 10.1. The van der Waals surface area contributed by atoms with Crippen LogP contribution in [-0.4, -0.2) is 22.4 Å². The maximum atomic E-state index is 13.4. The predicted octanol–water partition coefficient (Wildman–Crippen LogP) is 1.13. The molecule has 1 saturated carbocycles. The number of anilines is 1. The molecule has 2 heterocycles. The number of halogens is 1. The summed E-state index contributed by atoms with van der Waals surface area (Å²) in [6.07, 6.45) is 5.07. The molecule has 1 aliphatic carbocycles. The van der Waals surface area contributed by atoms with Gasteiger partial charge in [-0.1, -0.05) is 0 Å². The van der Waals surface area contributed by atoms with Crippen molar-refractivity contribution in [3.8, 4) is 0 Å². The van der Waals surface area contributed by atoms with E-state index in [0.29, 0.717) is 6.54 Å². The molecule has 0 N–H and O–H groups in total. The van der Waals surface area contributed by atoms with Crippen molar-refractivity contribution < 1.29 is 9.18 Å². The summed E-state index contributed by atoms with van der Waals surface area (Å²) in [5, 5.41) is 0. The van der Waals surface area contributed by atoms with Crippen molar-refractivity contribution in [3.63, 3.8) is 0 Å². The molecule has 0 atom stereocenters. The summed E-state index contributed by atoms with van der Waals surface area (Å²) in [7, 11) is 0. The zero-order valence-electron chi connectivity index (χ0n) is 8.11. The molecule has 1 amide bonds. The molecule has 78 valence electrons. The Morgan fingerprint density at radius 3 is 2.80 bits per heavy atom. The van der Waals surface area contributed by atoms with Crippen LogP contribution in [0.15, 0.2) is 12.5 Å². The first-order chi connectivity index (χ1) is 7.23. The highest BCUT2D eigenvalue weighted by molar-refractivity contribution is 6.00. The van der Waals surface area contributed by atoms with Crippen LogP contribution in [0, 0.1) is 11.2 Å². The second-order valence-corrected chi connectivity index (χ2v) is 4.18. The molecule has 2 aliphatic rings. The van der Waals surface area contributed by atoms with E-state index in [-0.39, 0.29) is 17.1 Å². The molecule has 1 saturated heterocycles. The van der Waals surface area contributed by atoms with Gasteiger partial charge in [0.25, 0.3) is 0 Å². The summed E-state index contributed by atoms with van der Waals surface area (Å²) in [5.74, 6) is -0.373. The van der Waals surface area contributed by atoms with Crippen LogP contribution >= 0.6 is 0 Å². The maximum absolute atomic E-state index is 13.4. The Morgan fingerprint density at radius 1 is 1.40 bits per heavy atom. The number of aromatic nitrogens is 2. The average Bonchev–Trinajstić information content (AvgIpc) is 2.94. The molecule has 1 aromatic rings. The van der Waals surface area contributed by atoms with Crippen LogP contribution in [0.5, 0.6) is 0 Å². The number of amides is 1. The van der Waals surface area contributed by atoms with Gasteiger partial charge in [-0.2, -0.15) is 0 Å². The summed E-state index contributed by atoms with van der Waals surface area (Å²) in [4.78, 5) is 20.8. The summed E-state index contributed by atoms with van der Waals surface area (Å²) in [6, 6.07) is 0. The first kappa shape index (κ1) is 8.76. The van der Waals surface area contributed by atoms with Crippen LogP contribution in [0.3, 0.4) is 0 Å². The van der Waals surface area contributed by atoms with Crippen LogP contribution in [-0.2, 0) is 4.79 Å². The predicted molar refractivity (Wildman–Crippen MR) is 50.6 cm³/mol. The molecular formula is C10H10FN3O. The van der Waals surface area contributed by atoms with Gasteiger partial charge in [0.15, 0.2) is 11.6 Å². The topological polar surface area (TPSA) is 46.1 Å². The highest BCUT2D eigenvalue weighted by atomic mass is 19.1. The van der Waals surface area contributed by atoms with Gasteiger partial charge in [-0.15, -0.1) is 0 Å². The van der Waals surface area contributed by atoms with Crippen molar-refractivity contribution in [2.24, 2.45) is 5.41 Å². The molecule has 0 bridgehead atoms. The Balaban J connectivity index is 1.96. The molecule has 5 heteroatoms. The Bertz CT molecular complexity index is 430. The van der Waals surface area contributed by atoms with E-state index in [2.05, 4.69) is 9.97 Å². The molecule has 0 unspecified atom stereocenters. The molecule has 3 rings (SSSR count). The molecule has 1 aromatic heterocycles. The molecule has 15 heavy (non-hydrogen) atoms. The maximum Gasteiger partial charge on any atom is 0.234 e. The van der Waals surface area contributed by atoms with Crippen molar-refractivity contribution in [1.29, 1.82) is 0 Å². The Hall–Kier alpha value is -1.52. The van der Waals surface area contributed by atoms with E-state index in [1.807, 2.05) is 0 Å². The molecule has 1 aliphatic heterocycles. The normalized spacial score (nSPS) is 22.5. The lowest BCUT2D eigenvalue weighted by Crippen LogP contribution is -2.29. The first-order valence-electron chi connectivity index (χ1n) is 5.00. The molecule has 1 spiro atoms. The molecule has 2 fully saturated rings. The largest absolute Gasteiger partial charge is 0.294 e. The lowest BCUT2D eigenvalue weighted by molar-refractivity contribution is -0.121. The lowest BCUT2D eigenvalue weighted by Gasteiger charge is -2.15. The fraction of sp³-hybridized carbons (Fsp3) is 0.500. The van der Waals surface area contributed by atoms with Gasteiger partial charge in [0.05, 0.1) is 11.6 Å². The fourth-order valence-electron chi connectivity index (χ4n) is 2.14. The molecule has 4 nitrogen and oxygen atoms in total. The van der Waals surface area contributed by atoms with Crippen molar-refractivity contribution in [1.82, 2.24) is 9.97 Å². The van der Waals surface area contributed by atoms with Crippen LogP contribution < -0.4 is 4.90 Å². The number of nitrogens with zero attached hydrogens (tertiary/aromatic N) is 3. The zero-order chi connectivity index (χ0) is 10.5. The average molecular weight is 207 g/mol. The highest BCUT2D eigenvalue weighted by Gasteiger charge is 2.56. The van der Waals surface area contributed by atoms with Gasteiger partial charge in [0, 0.05) is 6.54 Å². The van der Waals surface area contributed by atoms with E-state index in [1.165, 1.54) is 11.2 Å². The van der Waals surface area contributed by atoms with Crippen molar-refractivity contribution in [3.05, 3.63) is 18.3 Å². The van der Waals surface area contributed by atoms with Crippen molar-refractivity contribution in [2.45, 2.75) is 19.3 Å². The second-order valence-electron chi connectivity index (χ2n) is 4.18. The van der Waals surface area contributed by atoms with E-state index in [0.717, 1.165) is 25.5 Å². The minimum Gasteiger partial charge on any atom is -0.294 e. The summed E-state index contributed by atoms with van der Waals surface area (Å²) in [5.41, 5.74) is -0.169. The van der Waals surface area contributed by atoms with Gasteiger partial charge in [0.2, 0.25) is 5.91 Å². The van der Waals surface area contributed by atoms with Gasteiger partial charge in [-0.3, -0.25) is 9.69 Å². The van der Waals surface area contributed by atoms with Gasteiger partial charge >= 0.3 is 0 Å². The number of rotatable bonds is 1. The van der Waals surface area contributed by atoms with E-state index in [4.69, 9.17) is 0 Å². The quantitative estimate of drug-likeness (QED) is 0.693. The molecule has 0 radical (unpaired) electrons. The number of carbonyl (C=O) groups excluding carboxylic acids is 1. The van der Waals surface area contributed by atoms with Crippen LogP contribution in [0.4, 0.5) is 10.2 Å². The van der Waals surface area contributed by atoms with E-state index >= 15 is 0 Å². The number of hydrogen-bond acceptors (Lipinski definition) is 3. The van der Waals surface area contributed by atoms with E-state index < -0.39 is 5.82 Å². The van der Waals surface area contributed by atoms with E-state index in [1.54, 1.807) is 0 Å². The smallest absolute Gasteiger partial charge is 0.234 e. The fourth-order valence-corrected chi connectivity index (χ4v) is 2.14. The Kier molecular flexibility index (Phi) is 1.60. The number of hydrogen-bond donors (Lipinski definition) is 0. The SMILES string of the molecule is O=C1N(c2ncncc2F)CCC12CC2. The van der Waals surface area contributed by atoms with Gasteiger partial charge in [0.1, 0.15) is 6.33 Å². The van der Waals surface area contributed by atoms with Crippen LogP contribution in [0.1, 0.15) is 19.3 Å². The minimum atomic E-state index is -0.524. The highest BCUT2D eigenvalue weighted by Crippen LogP contribution is 2.54. The summed E-state index contributed by atoms with van der Waals surface area (Å²) < 4.78 is 13.4. The van der Waals surface area contributed by atoms with Crippen LogP contribution in [0.2, 0.25) is 0 Å². The Morgan fingerprint density at radius 2 is 2.20 bits per heavy atom. The monoisotopic (exact) mass is 207 g/mol. The minimum absolute atomic E-state index is 0.0279. The van der Waals surface area contributed by atoms with Crippen molar-refractivity contribution >= 4 is 11.7 Å². The van der Waals surface area contributed by atoms with Gasteiger partial charge in [-0.05, 0) is 19.3 Å². The Labute approximate surface area is 86.1 Å². The molecular weight excluding hydrogens is 197 g/mol. The van der Waals surface area contributed by atoms with Crippen molar-refractivity contribution in [2.75, 3.05) is 11.4 Å². The zero-order valence-corrected chi connectivity index (χ0v) is 8.11. The van der Waals surface area contributed by atoms with E-state index in [9.17, 15) is 9.18 Å². The third kappa shape index (κ3) is 1.15. The summed E-state index contributed by atoms with van der Waals surface area (Å²) in [6.45, 7) is 0.576. The third-order valence-electron chi connectivity index (χ3n) is 3.27. The van der Waals surface area contributed by atoms with Gasteiger partial charge < -0.3 is 0 Å².